The van der Waals surface area contributed by atoms with Gasteiger partial charge in [0.1, 0.15) is 18.8 Å². The van der Waals surface area contributed by atoms with Crippen LogP contribution in [0.1, 0.15) is 16.1 Å². The highest BCUT2D eigenvalue weighted by Gasteiger charge is 2.19. The number of carbonyl (C=O) groups excluding carboxylic acids is 1. The van der Waals surface area contributed by atoms with Gasteiger partial charge < -0.3 is 10.6 Å². The zero-order chi connectivity index (χ0) is 14.1. The van der Waals surface area contributed by atoms with Gasteiger partial charge in [-0.3, -0.25) is 4.79 Å². The lowest BCUT2D eigenvalue weighted by Gasteiger charge is -2.15. The van der Waals surface area contributed by atoms with Crippen molar-refractivity contribution in [2.75, 3.05) is 19.6 Å². The quantitative estimate of drug-likeness (QED) is 0.597. The van der Waals surface area contributed by atoms with E-state index >= 15 is 0 Å². The molecule has 0 aliphatic rings. The predicted molar refractivity (Wildman–Crippen MR) is 67.3 cm³/mol. The summed E-state index contributed by atoms with van der Waals surface area (Å²) in [6.45, 7) is -0.178. The van der Waals surface area contributed by atoms with Crippen molar-refractivity contribution in [3.8, 4) is 24.0 Å². The van der Waals surface area contributed by atoms with Crippen LogP contribution >= 0.6 is 0 Å². The summed E-state index contributed by atoms with van der Waals surface area (Å²) in [6.07, 6.45) is 1.46. The first-order valence-electron chi connectivity index (χ1n) is 5.41. The lowest BCUT2D eigenvalue weighted by Crippen LogP contribution is -2.33. The molecule has 6 nitrogen and oxygen atoms in total. The molecule has 1 rings (SSSR count). The van der Waals surface area contributed by atoms with Crippen LogP contribution in [-0.2, 0) is 0 Å². The zero-order valence-electron chi connectivity index (χ0n) is 10.1. The molecule has 1 amide bonds. The highest BCUT2D eigenvalue weighted by atomic mass is 16.2. The van der Waals surface area contributed by atoms with Gasteiger partial charge in [0.05, 0.1) is 24.2 Å². The third kappa shape index (κ3) is 3.81. The first kappa shape index (κ1) is 14.2. The van der Waals surface area contributed by atoms with Crippen molar-refractivity contribution in [2.45, 2.75) is 0 Å². The highest BCUT2D eigenvalue weighted by Crippen LogP contribution is 2.07. The molecule has 0 aliphatic carbocycles. The van der Waals surface area contributed by atoms with Crippen LogP contribution in [0.5, 0.6) is 0 Å². The largest absolute Gasteiger partial charge is 0.320 e. The Labute approximate surface area is 111 Å². The molecule has 0 spiro atoms. The molecule has 1 aromatic heterocycles. The van der Waals surface area contributed by atoms with Crippen molar-refractivity contribution in [3.63, 3.8) is 0 Å². The van der Waals surface area contributed by atoms with Crippen molar-refractivity contribution < 1.29 is 4.79 Å². The van der Waals surface area contributed by atoms with Gasteiger partial charge in [0.15, 0.2) is 0 Å². The lowest BCUT2D eigenvalue weighted by atomic mass is 10.1. The number of rotatable bonds is 3. The highest BCUT2D eigenvalue weighted by molar-refractivity contribution is 5.95. The van der Waals surface area contributed by atoms with Gasteiger partial charge in [0.2, 0.25) is 0 Å². The normalized spacial score (nSPS) is 8.58. The molecule has 0 saturated carbocycles. The van der Waals surface area contributed by atoms with Crippen LogP contribution in [0.4, 0.5) is 0 Å². The van der Waals surface area contributed by atoms with Crippen LogP contribution in [0.15, 0.2) is 18.3 Å². The van der Waals surface area contributed by atoms with Crippen LogP contribution in [0, 0.1) is 34.5 Å². The molecular weight excluding hydrogens is 242 g/mol. The molecule has 6 heteroatoms. The minimum Gasteiger partial charge on any atom is -0.320 e. The smallest absolute Gasteiger partial charge is 0.275 e. The number of amides is 1. The standard InChI is InChI=1S/C13H11N5O/c14-5-1-3-11-4-2-8-17-12(11)13(19)18(9-6-15)10-7-16/h2,4,8H,5,9-10,14H2. The molecule has 1 heterocycles. The molecule has 1 aromatic rings. The molecule has 0 atom stereocenters. The van der Waals surface area contributed by atoms with Gasteiger partial charge in [0.25, 0.3) is 5.91 Å². The fourth-order valence-corrected chi connectivity index (χ4v) is 1.34. The molecule has 0 unspecified atom stereocenters. The number of hydrogen-bond donors (Lipinski definition) is 1. The van der Waals surface area contributed by atoms with E-state index in [2.05, 4.69) is 16.8 Å². The summed E-state index contributed by atoms with van der Waals surface area (Å²) in [4.78, 5) is 17.2. The Kier molecular flexibility index (Phi) is 5.56. The Morgan fingerprint density at radius 1 is 1.37 bits per heavy atom. The van der Waals surface area contributed by atoms with Gasteiger partial charge in [-0.2, -0.15) is 10.5 Å². The molecule has 0 aliphatic heterocycles. The van der Waals surface area contributed by atoms with Crippen molar-refractivity contribution in [2.24, 2.45) is 5.73 Å². The summed E-state index contributed by atoms with van der Waals surface area (Å²) in [6, 6.07) is 6.96. The van der Waals surface area contributed by atoms with Crippen LogP contribution in [-0.4, -0.2) is 35.4 Å². The van der Waals surface area contributed by atoms with E-state index in [0.29, 0.717) is 5.56 Å². The summed E-state index contributed by atoms with van der Waals surface area (Å²) in [5, 5.41) is 17.3. The lowest BCUT2D eigenvalue weighted by molar-refractivity contribution is 0.0788. The summed E-state index contributed by atoms with van der Waals surface area (Å²) in [7, 11) is 0. The minimum atomic E-state index is -0.495. The van der Waals surface area contributed by atoms with E-state index in [1.165, 1.54) is 6.20 Å². The maximum atomic E-state index is 12.2. The molecule has 0 bridgehead atoms. The number of nitriles is 2. The van der Waals surface area contributed by atoms with Gasteiger partial charge in [-0.25, -0.2) is 4.98 Å². The maximum Gasteiger partial charge on any atom is 0.275 e. The van der Waals surface area contributed by atoms with Gasteiger partial charge in [-0.05, 0) is 12.1 Å². The van der Waals surface area contributed by atoms with Crippen LogP contribution < -0.4 is 5.73 Å². The van der Waals surface area contributed by atoms with E-state index in [0.717, 1.165) is 4.90 Å². The monoisotopic (exact) mass is 253 g/mol. The Hall–Kier alpha value is -2.88. The Bertz CT molecular complexity index is 584. The maximum absolute atomic E-state index is 12.2. The van der Waals surface area contributed by atoms with Crippen LogP contribution in [0.2, 0.25) is 0 Å². The fraction of sp³-hybridized carbons (Fsp3) is 0.231. The molecule has 0 fully saturated rings. The first-order valence-corrected chi connectivity index (χ1v) is 5.41. The topological polar surface area (TPSA) is 107 Å². The van der Waals surface area contributed by atoms with E-state index in [4.69, 9.17) is 16.3 Å². The van der Waals surface area contributed by atoms with E-state index in [9.17, 15) is 4.79 Å². The Morgan fingerprint density at radius 3 is 2.63 bits per heavy atom. The molecule has 94 valence electrons. The molecule has 0 aromatic carbocycles. The second-order valence-electron chi connectivity index (χ2n) is 3.38. The number of nitrogens with two attached hydrogens (primary N) is 1. The summed E-state index contributed by atoms with van der Waals surface area (Å²) in [5.74, 6) is 4.89. The number of aromatic nitrogens is 1. The number of nitrogens with zero attached hydrogens (tertiary/aromatic N) is 4. The van der Waals surface area contributed by atoms with E-state index in [1.807, 2.05) is 12.1 Å². The van der Waals surface area contributed by atoms with E-state index < -0.39 is 5.91 Å². The Morgan fingerprint density at radius 2 is 2.05 bits per heavy atom. The van der Waals surface area contributed by atoms with Crippen molar-refractivity contribution in [1.29, 1.82) is 10.5 Å². The van der Waals surface area contributed by atoms with Crippen molar-refractivity contribution in [1.82, 2.24) is 9.88 Å². The zero-order valence-corrected chi connectivity index (χ0v) is 10.1. The van der Waals surface area contributed by atoms with Gasteiger partial charge in [-0.1, -0.05) is 11.8 Å². The molecule has 0 saturated heterocycles. The van der Waals surface area contributed by atoms with E-state index in [1.54, 1.807) is 12.1 Å². The predicted octanol–water partition coefficient (Wildman–Crippen LogP) is -0.119. The number of carbonyl (C=O) groups is 1. The average Bonchev–Trinajstić information content (AvgIpc) is 2.44. The van der Waals surface area contributed by atoms with Crippen molar-refractivity contribution in [3.05, 3.63) is 29.6 Å². The SMILES string of the molecule is N#CCN(CC#N)C(=O)c1ncccc1C#CCN. The van der Waals surface area contributed by atoms with Crippen LogP contribution in [0.25, 0.3) is 0 Å². The minimum absolute atomic E-state index is 0.119. The van der Waals surface area contributed by atoms with Gasteiger partial charge in [0, 0.05) is 6.20 Å². The number of hydrogen-bond acceptors (Lipinski definition) is 5. The number of pyridine rings is 1. The van der Waals surface area contributed by atoms with Gasteiger partial charge >= 0.3 is 0 Å². The van der Waals surface area contributed by atoms with Gasteiger partial charge in [-0.15, -0.1) is 0 Å². The molecule has 0 radical (unpaired) electrons. The van der Waals surface area contributed by atoms with E-state index in [-0.39, 0.29) is 25.3 Å². The molecular formula is C13H11N5O. The van der Waals surface area contributed by atoms with Crippen molar-refractivity contribution >= 4 is 5.91 Å². The fourth-order valence-electron chi connectivity index (χ4n) is 1.34. The second kappa shape index (κ2) is 7.45. The Balaban J connectivity index is 3.11. The summed E-state index contributed by atoms with van der Waals surface area (Å²) >= 11 is 0. The average molecular weight is 253 g/mol. The second-order valence-corrected chi connectivity index (χ2v) is 3.38. The van der Waals surface area contributed by atoms with Crippen LogP contribution in [0.3, 0.4) is 0 Å². The first-order chi connectivity index (χ1) is 9.24. The summed E-state index contributed by atoms with van der Waals surface area (Å²) in [5.41, 5.74) is 5.83. The third-order valence-corrected chi connectivity index (χ3v) is 2.15. The molecule has 19 heavy (non-hydrogen) atoms. The molecule has 2 N–H and O–H groups in total. The summed E-state index contributed by atoms with van der Waals surface area (Å²) < 4.78 is 0. The third-order valence-electron chi connectivity index (χ3n) is 2.15.